The molecule has 0 bridgehead atoms. The second-order valence-corrected chi connectivity index (χ2v) is 20.6. The Kier molecular flexibility index (Phi) is 46.6. The average Bonchev–Trinajstić information content (AvgIpc) is 3.26. The van der Waals surface area contributed by atoms with Crippen molar-refractivity contribution in [2.75, 3.05) is 41.0 Å². The fourth-order valence-corrected chi connectivity index (χ4v) is 8.92. The topological polar surface area (TPSA) is 99.1 Å². The Bertz CT molecular complexity index is 1010. The van der Waals surface area contributed by atoms with Crippen molar-refractivity contribution in [1.29, 1.82) is 0 Å². The molecule has 0 aromatic rings. The van der Waals surface area contributed by atoms with E-state index in [4.69, 9.17) is 14.2 Å². The molecule has 0 amide bonds. The Balaban J connectivity index is 4.13. The Morgan fingerprint density at radius 1 is 0.406 bits per heavy atom. The minimum Gasteiger partial charge on any atom is -0.477 e. The predicted molar refractivity (Wildman–Crippen MR) is 271 cm³/mol. The molecule has 1 N–H and O–H groups in total. The van der Waals surface area contributed by atoms with Crippen LogP contribution in [-0.4, -0.2) is 80.6 Å². The first-order chi connectivity index (χ1) is 31.1. The van der Waals surface area contributed by atoms with Gasteiger partial charge in [0.1, 0.15) is 6.61 Å². The first-order valence-electron chi connectivity index (χ1n) is 28.1. The Morgan fingerprint density at radius 3 is 0.969 bits per heavy atom. The summed E-state index contributed by atoms with van der Waals surface area (Å²) in [6, 6.07) is -0.609. The highest BCUT2D eigenvalue weighted by molar-refractivity contribution is 5.72. The lowest BCUT2D eigenvalue weighted by atomic mass is 10.0. The number of carbonyl (C=O) groups excluding carboxylic acids is 2. The number of rotatable bonds is 52. The zero-order chi connectivity index (χ0) is 47.0. The van der Waals surface area contributed by atoms with Crippen LogP contribution in [0.5, 0.6) is 0 Å². The van der Waals surface area contributed by atoms with E-state index < -0.39 is 18.1 Å². The van der Waals surface area contributed by atoms with Crippen molar-refractivity contribution in [3.63, 3.8) is 0 Å². The summed E-state index contributed by atoms with van der Waals surface area (Å²) < 4.78 is 17.4. The van der Waals surface area contributed by atoms with Gasteiger partial charge >= 0.3 is 17.9 Å². The first kappa shape index (κ1) is 62.3. The van der Waals surface area contributed by atoms with Crippen LogP contribution in [0.25, 0.3) is 0 Å². The quantitative estimate of drug-likeness (QED) is 0.0369. The maximum atomic E-state index is 12.8. The number of carboxylic acid groups (broad SMARTS) is 1. The van der Waals surface area contributed by atoms with Crippen molar-refractivity contribution in [2.45, 2.75) is 302 Å². The van der Waals surface area contributed by atoms with Crippen molar-refractivity contribution < 1.29 is 38.2 Å². The summed E-state index contributed by atoms with van der Waals surface area (Å²) in [7, 11) is 5.56. The summed E-state index contributed by atoms with van der Waals surface area (Å²) in [6.07, 6.45) is 53.0. The third kappa shape index (κ3) is 45.5. The van der Waals surface area contributed by atoms with Gasteiger partial charge in [0, 0.05) is 19.3 Å². The predicted octanol–water partition coefficient (Wildman–Crippen LogP) is 16.4. The van der Waals surface area contributed by atoms with E-state index in [-0.39, 0.29) is 36.2 Å². The van der Waals surface area contributed by atoms with E-state index in [0.29, 0.717) is 19.3 Å². The van der Waals surface area contributed by atoms with Crippen molar-refractivity contribution in [3.8, 4) is 0 Å². The number of hydrogen-bond donors (Lipinski definition) is 1. The second kappa shape index (κ2) is 47.8. The molecule has 0 aliphatic heterocycles. The van der Waals surface area contributed by atoms with E-state index in [1.54, 1.807) is 0 Å². The molecule has 2 atom stereocenters. The molecule has 0 saturated heterocycles. The molecule has 0 rings (SSSR count). The molecule has 0 spiro atoms. The molecule has 2 unspecified atom stereocenters. The lowest BCUT2D eigenvalue weighted by Gasteiger charge is -2.31. The molecule has 8 heteroatoms. The third-order valence-corrected chi connectivity index (χ3v) is 13.3. The first-order valence-corrected chi connectivity index (χ1v) is 28.1. The molecule has 0 heterocycles. The summed E-state index contributed by atoms with van der Waals surface area (Å²) in [5.74, 6) is -1.43. The van der Waals surface area contributed by atoms with E-state index in [0.717, 1.165) is 38.5 Å². The zero-order valence-electron chi connectivity index (χ0n) is 43.5. The van der Waals surface area contributed by atoms with Gasteiger partial charge in [-0.15, -0.1) is 0 Å². The highest BCUT2D eigenvalue weighted by Gasteiger charge is 2.31. The van der Waals surface area contributed by atoms with Crippen LogP contribution in [0.15, 0.2) is 0 Å². The van der Waals surface area contributed by atoms with Gasteiger partial charge in [0.2, 0.25) is 0 Å². The molecular weight excluding hydrogens is 799 g/mol. The van der Waals surface area contributed by atoms with Crippen LogP contribution in [0.1, 0.15) is 290 Å². The summed E-state index contributed by atoms with van der Waals surface area (Å²) in [5, 5.41) is 9.67. The Labute approximate surface area is 397 Å². The number of carbonyl (C=O) groups is 3. The molecule has 0 saturated carbocycles. The molecule has 8 nitrogen and oxygen atoms in total. The monoisotopic (exact) mass is 909 g/mol. The van der Waals surface area contributed by atoms with Crippen LogP contribution >= 0.6 is 0 Å². The molecular formula is C56H110NO7+. The number of esters is 2. The molecule has 0 aromatic heterocycles. The number of nitrogens with zero attached hydrogens (tertiary/aromatic N) is 1. The normalized spacial score (nSPS) is 12.7. The minimum atomic E-state index is -0.868. The molecule has 380 valence electrons. The largest absolute Gasteiger partial charge is 0.477 e. The molecule has 64 heavy (non-hydrogen) atoms. The van der Waals surface area contributed by atoms with Crippen molar-refractivity contribution >= 4 is 17.9 Å². The minimum absolute atomic E-state index is 0.0410. The fourth-order valence-electron chi connectivity index (χ4n) is 8.92. The van der Waals surface area contributed by atoms with E-state index in [2.05, 4.69) is 13.8 Å². The Hall–Kier alpha value is -1.67. The number of ether oxygens (including phenoxy) is 3. The average molecular weight is 909 g/mol. The second-order valence-electron chi connectivity index (χ2n) is 20.6. The van der Waals surface area contributed by atoms with Gasteiger partial charge in [-0.05, 0) is 12.8 Å². The fraction of sp³-hybridized carbons (Fsp3) is 0.946. The van der Waals surface area contributed by atoms with Gasteiger partial charge in [-0.2, -0.15) is 0 Å². The molecule has 0 aromatic carbocycles. The lowest BCUT2D eigenvalue weighted by molar-refractivity contribution is -0.887. The SMILES string of the molecule is CCCCCCCCCCCCCCCCCCCCCCCC(=O)OC(COCCC(C(=O)O)[N+](C)(C)C)COC(=O)CCCCCCCCCCCCCCCCCCCCC. The third-order valence-electron chi connectivity index (χ3n) is 13.3. The van der Waals surface area contributed by atoms with Gasteiger partial charge in [0.05, 0.1) is 34.4 Å². The Morgan fingerprint density at radius 2 is 0.688 bits per heavy atom. The number of likely N-dealkylation sites (N-methyl/N-ethyl adjacent to an activating group) is 1. The van der Waals surface area contributed by atoms with Crippen LogP contribution in [0, 0.1) is 0 Å². The number of carboxylic acids is 1. The number of aliphatic carboxylic acids is 1. The van der Waals surface area contributed by atoms with E-state index in [1.165, 1.54) is 218 Å². The summed E-state index contributed by atoms with van der Waals surface area (Å²) in [4.78, 5) is 37.2. The van der Waals surface area contributed by atoms with Gasteiger partial charge in [-0.25, -0.2) is 4.79 Å². The maximum absolute atomic E-state index is 12.8. The van der Waals surface area contributed by atoms with Crippen LogP contribution in [0.3, 0.4) is 0 Å². The van der Waals surface area contributed by atoms with Crippen LogP contribution in [0.2, 0.25) is 0 Å². The van der Waals surface area contributed by atoms with Gasteiger partial charge in [0.25, 0.3) is 0 Å². The van der Waals surface area contributed by atoms with Crippen molar-refractivity contribution in [3.05, 3.63) is 0 Å². The van der Waals surface area contributed by atoms with Gasteiger partial charge in [-0.3, -0.25) is 9.59 Å². The molecule has 0 radical (unpaired) electrons. The summed E-state index contributed by atoms with van der Waals surface area (Å²) >= 11 is 0. The van der Waals surface area contributed by atoms with Gasteiger partial charge in [0.15, 0.2) is 12.1 Å². The maximum Gasteiger partial charge on any atom is 0.362 e. The molecule has 0 aliphatic rings. The zero-order valence-corrected chi connectivity index (χ0v) is 43.5. The van der Waals surface area contributed by atoms with Gasteiger partial charge < -0.3 is 23.8 Å². The molecule has 0 aliphatic carbocycles. The van der Waals surface area contributed by atoms with E-state index in [1.807, 2.05) is 21.1 Å². The summed E-state index contributed by atoms with van der Waals surface area (Å²) in [5.41, 5.74) is 0. The van der Waals surface area contributed by atoms with Crippen molar-refractivity contribution in [2.24, 2.45) is 0 Å². The van der Waals surface area contributed by atoms with Crippen LogP contribution in [0.4, 0.5) is 0 Å². The highest BCUT2D eigenvalue weighted by atomic mass is 16.6. The lowest BCUT2D eigenvalue weighted by Crippen LogP contribution is -2.50. The van der Waals surface area contributed by atoms with Crippen LogP contribution in [-0.2, 0) is 28.6 Å². The van der Waals surface area contributed by atoms with E-state index >= 15 is 0 Å². The highest BCUT2D eigenvalue weighted by Crippen LogP contribution is 2.18. The van der Waals surface area contributed by atoms with Gasteiger partial charge in [-0.1, -0.05) is 258 Å². The standard InChI is InChI=1S/C56H109NO7/c1-6-8-10-12-14-16-18-20-22-24-26-27-29-31-33-35-37-39-41-43-45-47-55(59)64-52(50-62-49-48-53(56(60)61)57(3,4)5)51-63-54(58)46-44-42-40-38-36-34-32-30-28-25-23-21-19-17-15-13-11-9-7-2/h52-53H,6-51H2,1-5H3/p+1. The number of quaternary nitrogens is 1. The van der Waals surface area contributed by atoms with Crippen molar-refractivity contribution in [1.82, 2.24) is 0 Å². The molecule has 0 fully saturated rings. The smallest absolute Gasteiger partial charge is 0.362 e. The summed E-state index contributed by atoms with van der Waals surface area (Å²) in [6.45, 7) is 4.81. The number of hydrogen-bond acceptors (Lipinski definition) is 6. The van der Waals surface area contributed by atoms with Crippen LogP contribution < -0.4 is 0 Å². The van der Waals surface area contributed by atoms with E-state index in [9.17, 15) is 19.5 Å². The number of unbranched alkanes of at least 4 members (excludes halogenated alkanes) is 38.